The van der Waals surface area contributed by atoms with Crippen molar-refractivity contribution >= 4 is 5.91 Å². The predicted molar refractivity (Wildman–Crippen MR) is 77.9 cm³/mol. The van der Waals surface area contributed by atoms with Gasteiger partial charge in [-0.25, -0.2) is 0 Å². The smallest absolute Gasteiger partial charge is 0.236 e. The molecule has 1 heterocycles. The van der Waals surface area contributed by atoms with Gasteiger partial charge in [0.15, 0.2) is 0 Å². The molecule has 0 atom stereocenters. The van der Waals surface area contributed by atoms with Crippen molar-refractivity contribution in [2.24, 2.45) is 0 Å². The second-order valence-corrected chi connectivity index (χ2v) is 5.00. The maximum Gasteiger partial charge on any atom is 0.236 e. The number of hydrogen-bond acceptors (Lipinski definition) is 3. The van der Waals surface area contributed by atoms with Crippen LogP contribution in [-0.4, -0.2) is 54.1 Å². The van der Waals surface area contributed by atoms with Crippen LogP contribution in [-0.2, 0) is 11.3 Å². The van der Waals surface area contributed by atoms with Gasteiger partial charge >= 0.3 is 0 Å². The van der Waals surface area contributed by atoms with Gasteiger partial charge in [-0.15, -0.1) is 0 Å². The average molecular weight is 272 g/mol. The number of carbonyl (C=O) groups excluding carboxylic acids is 1. The van der Waals surface area contributed by atoms with Crippen LogP contribution in [0.2, 0.25) is 0 Å². The van der Waals surface area contributed by atoms with Crippen molar-refractivity contribution in [3.8, 4) is 11.8 Å². The summed E-state index contributed by atoms with van der Waals surface area (Å²) in [5, 5.41) is 8.72. The molecule has 1 N–H and O–H groups in total. The summed E-state index contributed by atoms with van der Waals surface area (Å²) in [6.07, 6.45) is 0.497. The number of benzene rings is 1. The molecular formula is C16H20N2O2. The van der Waals surface area contributed by atoms with E-state index in [0.29, 0.717) is 13.0 Å². The Morgan fingerprint density at radius 2 is 2.20 bits per heavy atom. The normalized spacial score (nSPS) is 15.9. The molecule has 0 radical (unpaired) electrons. The molecule has 0 aliphatic carbocycles. The van der Waals surface area contributed by atoms with Gasteiger partial charge in [-0.2, -0.15) is 0 Å². The van der Waals surface area contributed by atoms with E-state index in [2.05, 4.69) is 22.8 Å². The molecule has 20 heavy (non-hydrogen) atoms. The van der Waals surface area contributed by atoms with Crippen molar-refractivity contribution < 1.29 is 9.90 Å². The van der Waals surface area contributed by atoms with Crippen LogP contribution in [0.15, 0.2) is 24.3 Å². The van der Waals surface area contributed by atoms with E-state index in [1.807, 2.05) is 25.2 Å². The van der Waals surface area contributed by atoms with Gasteiger partial charge in [-0.1, -0.05) is 24.0 Å². The predicted octanol–water partition coefficient (Wildman–Crippen LogP) is 0.694. The molecule has 0 aromatic heterocycles. The Bertz CT molecular complexity index is 531. The Labute approximate surface area is 120 Å². The van der Waals surface area contributed by atoms with E-state index in [-0.39, 0.29) is 12.5 Å². The van der Waals surface area contributed by atoms with Crippen LogP contribution in [0.3, 0.4) is 0 Å². The number of carbonyl (C=O) groups is 1. The van der Waals surface area contributed by atoms with Crippen LogP contribution in [0.4, 0.5) is 0 Å². The summed E-state index contributed by atoms with van der Waals surface area (Å²) in [5.41, 5.74) is 2.12. The molecule has 1 aromatic rings. The standard InChI is InChI=1S/C16H20N2O2/c1-17-8-9-18(13-16(17)20)12-15-7-4-6-14(11-15)5-2-3-10-19/h4,6-7,11,19H,3,8-10,12-13H2,1H3. The van der Waals surface area contributed by atoms with E-state index >= 15 is 0 Å². The van der Waals surface area contributed by atoms with Gasteiger partial charge in [0.05, 0.1) is 13.2 Å². The quantitative estimate of drug-likeness (QED) is 0.824. The minimum absolute atomic E-state index is 0.0934. The van der Waals surface area contributed by atoms with Crippen LogP contribution in [0.5, 0.6) is 0 Å². The van der Waals surface area contributed by atoms with Gasteiger partial charge in [0.1, 0.15) is 0 Å². The Hall–Kier alpha value is -1.83. The van der Waals surface area contributed by atoms with E-state index < -0.39 is 0 Å². The fraction of sp³-hybridized carbons (Fsp3) is 0.438. The minimum atomic E-state index is 0.0934. The summed E-state index contributed by atoms with van der Waals surface area (Å²) in [5.74, 6) is 6.13. The van der Waals surface area contributed by atoms with Gasteiger partial charge in [0.2, 0.25) is 5.91 Å². The molecule has 2 rings (SSSR count). The van der Waals surface area contributed by atoms with Crippen molar-refractivity contribution in [2.45, 2.75) is 13.0 Å². The van der Waals surface area contributed by atoms with E-state index in [1.165, 1.54) is 0 Å². The Morgan fingerprint density at radius 1 is 1.35 bits per heavy atom. The third kappa shape index (κ3) is 4.09. The van der Waals surface area contributed by atoms with Gasteiger partial charge in [0, 0.05) is 38.7 Å². The number of hydrogen-bond donors (Lipinski definition) is 1. The highest BCUT2D eigenvalue weighted by atomic mass is 16.2. The average Bonchev–Trinajstić information content (AvgIpc) is 2.44. The second-order valence-electron chi connectivity index (χ2n) is 5.00. The van der Waals surface area contributed by atoms with Crippen LogP contribution >= 0.6 is 0 Å². The number of amides is 1. The first kappa shape index (κ1) is 14.6. The molecule has 1 amide bonds. The Kier molecular flexibility index (Phi) is 5.16. The van der Waals surface area contributed by atoms with Crippen molar-refractivity contribution in [1.82, 2.24) is 9.80 Å². The van der Waals surface area contributed by atoms with Crippen molar-refractivity contribution in [3.63, 3.8) is 0 Å². The molecule has 4 nitrogen and oxygen atoms in total. The van der Waals surface area contributed by atoms with Crippen molar-refractivity contribution in [1.29, 1.82) is 0 Å². The number of rotatable bonds is 3. The van der Waals surface area contributed by atoms with Gasteiger partial charge in [-0.3, -0.25) is 9.69 Å². The summed E-state index contributed by atoms with van der Waals surface area (Å²) in [6.45, 7) is 3.04. The molecule has 0 saturated carbocycles. The van der Waals surface area contributed by atoms with Crippen LogP contribution in [0.25, 0.3) is 0 Å². The van der Waals surface area contributed by atoms with E-state index in [1.54, 1.807) is 4.90 Å². The first-order chi connectivity index (χ1) is 9.69. The lowest BCUT2D eigenvalue weighted by atomic mass is 10.1. The fourth-order valence-electron chi connectivity index (χ4n) is 2.17. The van der Waals surface area contributed by atoms with Gasteiger partial charge < -0.3 is 10.0 Å². The first-order valence-corrected chi connectivity index (χ1v) is 6.84. The lowest BCUT2D eigenvalue weighted by Gasteiger charge is -2.31. The topological polar surface area (TPSA) is 43.8 Å². The van der Waals surface area contributed by atoms with Crippen molar-refractivity contribution in [3.05, 3.63) is 35.4 Å². The molecule has 1 aliphatic heterocycles. The summed E-state index contributed by atoms with van der Waals surface area (Å²) in [7, 11) is 1.84. The number of aliphatic hydroxyl groups is 1. The monoisotopic (exact) mass is 272 g/mol. The van der Waals surface area contributed by atoms with Crippen LogP contribution in [0.1, 0.15) is 17.5 Å². The number of nitrogens with zero attached hydrogens (tertiary/aromatic N) is 2. The van der Waals surface area contributed by atoms with Crippen LogP contribution in [0, 0.1) is 11.8 Å². The third-order valence-electron chi connectivity index (χ3n) is 3.34. The maximum absolute atomic E-state index is 11.7. The maximum atomic E-state index is 11.7. The zero-order valence-electron chi connectivity index (χ0n) is 11.8. The number of piperazine rings is 1. The first-order valence-electron chi connectivity index (χ1n) is 6.84. The summed E-state index contributed by atoms with van der Waals surface area (Å²) >= 11 is 0. The molecule has 1 fully saturated rings. The zero-order valence-corrected chi connectivity index (χ0v) is 11.8. The molecule has 0 bridgehead atoms. The molecule has 106 valence electrons. The summed E-state index contributed by atoms with van der Waals surface area (Å²) in [6, 6.07) is 8.05. The van der Waals surface area contributed by atoms with Crippen molar-refractivity contribution in [2.75, 3.05) is 33.3 Å². The molecule has 0 spiro atoms. The fourth-order valence-corrected chi connectivity index (χ4v) is 2.17. The van der Waals surface area contributed by atoms with Crippen LogP contribution < -0.4 is 0 Å². The third-order valence-corrected chi connectivity index (χ3v) is 3.34. The minimum Gasteiger partial charge on any atom is -0.395 e. The van der Waals surface area contributed by atoms with E-state index in [0.717, 1.165) is 30.8 Å². The summed E-state index contributed by atoms with van der Waals surface area (Å²) in [4.78, 5) is 15.6. The number of aliphatic hydroxyl groups excluding tert-OH is 1. The zero-order chi connectivity index (χ0) is 14.4. The second kappa shape index (κ2) is 7.09. The molecule has 0 unspecified atom stereocenters. The molecular weight excluding hydrogens is 252 g/mol. The lowest BCUT2D eigenvalue weighted by Crippen LogP contribution is -2.47. The molecule has 1 aliphatic rings. The highest BCUT2D eigenvalue weighted by molar-refractivity contribution is 5.78. The van der Waals surface area contributed by atoms with E-state index in [9.17, 15) is 4.79 Å². The highest BCUT2D eigenvalue weighted by Gasteiger charge is 2.20. The van der Waals surface area contributed by atoms with E-state index in [4.69, 9.17) is 5.11 Å². The van der Waals surface area contributed by atoms with Gasteiger partial charge in [0.25, 0.3) is 0 Å². The lowest BCUT2D eigenvalue weighted by molar-refractivity contribution is -0.134. The highest BCUT2D eigenvalue weighted by Crippen LogP contribution is 2.10. The molecule has 1 aromatic carbocycles. The Morgan fingerprint density at radius 3 is 2.95 bits per heavy atom. The van der Waals surface area contributed by atoms with Gasteiger partial charge in [-0.05, 0) is 17.7 Å². The summed E-state index contributed by atoms with van der Waals surface area (Å²) < 4.78 is 0. The molecule has 1 saturated heterocycles. The largest absolute Gasteiger partial charge is 0.395 e. The molecule has 4 heteroatoms. The SMILES string of the molecule is CN1CCN(Cc2cccc(C#CCCO)c2)CC1=O. The number of likely N-dealkylation sites (N-methyl/N-ethyl adjacent to an activating group) is 1. The Balaban J connectivity index is 1.98.